The molecule has 244 valence electrons. The summed E-state index contributed by atoms with van der Waals surface area (Å²) in [5.41, 5.74) is 0.679. The van der Waals surface area contributed by atoms with Gasteiger partial charge in [0.2, 0.25) is 0 Å². The van der Waals surface area contributed by atoms with Crippen LogP contribution < -0.4 is 0 Å². The van der Waals surface area contributed by atoms with E-state index in [4.69, 9.17) is 9.47 Å². The van der Waals surface area contributed by atoms with Gasteiger partial charge in [-0.15, -0.1) is 0 Å². The third-order valence-corrected chi connectivity index (χ3v) is 14.7. The van der Waals surface area contributed by atoms with E-state index in [-0.39, 0.29) is 46.2 Å². The Hall–Kier alpha value is -1.03. The molecule has 5 fully saturated rings. The van der Waals surface area contributed by atoms with Crippen molar-refractivity contribution in [3.63, 3.8) is 0 Å². The number of carbonyl (C=O) groups is 1. The Balaban J connectivity index is 1.30. The van der Waals surface area contributed by atoms with E-state index in [2.05, 4.69) is 40.7 Å². The number of aliphatic hydroxyl groups excluding tert-OH is 4. The van der Waals surface area contributed by atoms with E-state index in [0.29, 0.717) is 18.3 Å². The Labute approximate surface area is 257 Å². The summed E-state index contributed by atoms with van der Waals surface area (Å²) >= 11 is 0. The minimum absolute atomic E-state index is 0.0181. The van der Waals surface area contributed by atoms with Gasteiger partial charge in [0.15, 0.2) is 6.29 Å². The lowest BCUT2D eigenvalue weighted by atomic mass is 9.34. The SMILES string of the molecule is CC1(C)C[C@@H](C(=O)O)[C@@H]2CC[C@]3(C)C(=CC[C@@H]4[C@@]5(C)CC[C@H](O[C@@H]6OC[C@H](O)[C@H](O)[C@H]6O)C(C)(C)[C@H]5CC[C@]43C)[C@@H]2[C@@H]1O. The Kier molecular flexibility index (Phi) is 7.60. The fourth-order valence-electron chi connectivity index (χ4n) is 12.1. The zero-order valence-corrected chi connectivity index (χ0v) is 27.3. The second-order valence-electron chi connectivity index (χ2n) is 17.3. The maximum atomic E-state index is 12.4. The number of aliphatic hydroxyl groups is 4. The van der Waals surface area contributed by atoms with Crippen molar-refractivity contribution >= 4 is 5.97 Å². The highest BCUT2D eigenvalue weighted by atomic mass is 16.7. The van der Waals surface area contributed by atoms with Gasteiger partial charge < -0.3 is 35.0 Å². The smallest absolute Gasteiger partial charge is 0.306 e. The lowest BCUT2D eigenvalue weighted by Crippen LogP contribution is -2.66. The average Bonchev–Trinajstić information content (AvgIpc) is 2.92. The molecule has 14 atom stereocenters. The van der Waals surface area contributed by atoms with Gasteiger partial charge in [0.1, 0.15) is 18.3 Å². The van der Waals surface area contributed by atoms with Crippen LogP contribution in [0.1, 0.15) is 99.8 Å². The van der Waals surface area contributed by atoms with Gasteiger partial charge in [0.05, 0.1) is 24.7 Å². The molecule has 4 saturated carbocycles. The molecule has 1 saturated heterocycles. The lowest BCUT2D eigenvalue weighted by Gasteiger charge is -2.71. The molecule has 0 aromatic carbocycles. The molecule has 5 aliphatic carbocycles. The minimum atomic E-state index is -1.29. The quantitative estimate of drug-likeness (QED) is 0.234. The predicted octanol–water partition coefficient (Wildman–Crippen LogP) is 4.52. The van der Waals surface area contributed by atoms with Crippen LogP contribution in [0.15, 0.2) is 11.6 Å². The first kappa shape index (κ1) is 31.9. The summed E-state index contributed by atoms with van der Waals surface area (Å²) in [5.74, 6) is -0.427. The molecule has 8 heteroatoms. The molecule has 0 aromatic heterocycles. The van der Waals surface area contributed by atoms with Crippen LogP contribution in [-0.2, 0) is 14.3 Å². The van der Waals surface area contributed by atoms with Crippen molar-refractivity contribution in [3.8, 4) is 0 Å². The number of fused-ring (bicyclic) bond motifs is 7. The van der Waals surface area contributed by atoms with Gasteiger partial charge in [-0.1, -0.05) is 60.1 Å². The zero-order chi connectivity index (χ0) is 31.5. The van der Waals surface area contributed by atoms with E-state index in [1.807, 2.05) is 13.8 Å². The van der Waals surface area contributed by atoms with Crippen molar-refractivity contribution in [1.82, 2.24) is 0 Å². The first-order valence-corrected chi connectivity index (χ1v) is 16.8. The molecule has 43 heavy (non-hydrogen) atoms. The van der Waals surface area contributed by atoms with Crippen molar-refractivity contribution in [2.24, 2.45) is 56.7 Å². The highest BCUT2D eigenvalue weighted by molar-refractivity contribution is 5.71. The number of aliphatic carboxylic acids is 1. The Morgan fingerprint density at radius 2 is 1.60 bits per heavy atom. The Morgan fingerprint density at radius 3 is 2.28 bits per heavy atom. The molecule has 5 N–H and O–H groups in total. The van der Waals surface area contributed by atoms with E-state index in [1.165, 1.54) is 5.57 Å². The lowest BCUT2D eigenvalue weighted by molar-refractivity contribution is -0.308. The van der Waals surface area contributed by atoms with E-state index in [9.17, 15) is 30.3 Å². The molecule has 0 amide bonds. The summed E-state index contributed by atoms with van der Waals surface area (Å²) < 4.78 is 12.1. The molecule has 1 aliphatic heterocycles. The number of hydrogen-bond donors (Lipinski definition) is 5. The van der Waals surface area contributed by atoms with Crippen molar-refractivity contribution in [2.75, 3.05) is 6.61 Å². The van der Waals surface area contributed by atoms with Crippen molar-refractivity contribution in [3.05, 3.63) is 11.6 Å². The average molecular weight is 605 g/mol. The predicted molar refractivity (Wildman–Crippen MR) is 161 cm³/mol. The van der Waals surface area contributed by atoms with Gasteiger partial charge in [0.25, 0.3) is 0 Å². The normalized spacial score (nSPS) is 53.8. The van der Waals surface area contributed by atoms with E-state index < -0.39 is 48.0 Å². The summed E-state index contributed by atoms with van der Waals surface area (Å²) in [5, 5.41) is 52.7. The topological polar surface area (TPSA) is 137 Å². The maximum absolute atomic E-state index is 12.4. The first-order chi connectivity index (χ1) is 19.9. The second kappa shape index (κ2) is 10.2. The number of carboxylic acid groups (broad SMARTS) is 1. The van der Waals surface area contributed by atoms with Crippen molar-refractivity contribution < 1.29 is 39.8 Å². The molecule has 8 nitrogen and oxygen atoms in total. The third-order valence-electron chi connectivity index (χ3n) is 14.7. The van der Waals surface area contributed by atoms with E-state index in [1.54, 1.807) is 0 Å². The molecule has 0 bridgehead atoms. The molecular formula is C35H56O8. The summed E-state index contributed by atoms with van der Waals surface area (Å²) in [4.78, 5) is 12.4. The molecule has 0 radical (unpaired) electrons. The molecule has 6 rings (SSSR count). The van der Waals surface area contributed by atoms with Crippen molar-refractivity contribution in [1.29, 1.82) is 0 Å². The molecule has 1 heterocycles. The Morgan fingerprint density at radius 1 is 0.907 bits per heavy atom. The summed E-state index contributed by atoms with van der Waals surface area (Å²) in [6.45, 7) is 16.0. The van der Waals surface area contributed by atoms with Crippen LogP contribution in [0.25, 0.3) is 0 Å². The van der Waals surface area contributed by atoms with Gasteiger partial charge in [-0.25, -0.2) is 0 Å². The number of rotatable bonds is 3. The van der Waals surface area contributed by atoms with Crippen molar-refractivity contribution in [2.45, 2.75) is 137 Å². The number of carboxylic acids is 1. The standard InChI is InChI=1S/C35H56O8/c1-31(2)16-19(29(40)41)18-10-14-34(6)20(25(18)28(31)39)8-9-23-33(5)13-12-24(32(3,4)22(33)11-15-35(23,34)7)43-30-27(38)26(37)21(36)17-42-30/h8,18-19,21-28,30,36-39H,9-17H2,1-7H3,(H,40,41)/t18-,19+,21-,22+,23+,24-,25+,26-,27+,28-,30-,33-,34+,35+/m0/s1. The molecule has 0 spiro atoms. The van der Waals surface area contributed by atoms with Gasteiger partial charge in [-0.2, -0.15) is 0 Å². The van der Waals surface area contributed by atoms with Crippen LogP contribution in [0.5, 0.6) is 0 Å². The number of allylic oxidation sites excluding steroid dienone is 1. The minimum Gasteiger partial charge on any atom is -0.481 e. The molecule has 0 unspecified atom stereocenters. The van der Waals surface area contributed by atoms with Crippen LogP contribution >= 0.6 is 0 Å². The highest BCUT2D eigenvalue weighted by Crippen LogP contribution is 2.74. The van der Waals surface area contributed by atoms with Gasteiger partial charge in [-0.3, -0.25) is 4.79 Å². The van der Waals surface area contributed by atoms with Gasteiger partial charge in [-0.05, 0) is 96.2 Å². The van der Waals surface area contributed by atoms with Crippen LogP contribution in [0.3, 0.4) is 0 Å². The fraction of sp³-hybridized carbons (Fsp3) is 0.914. The van der Waals surface area contributed by atoms with Gasteiger partial charge in [0, 0.05) is 5.92 Å². The largest absolute Gasteiger partial charge is 0.481 e. The second-order valence-corrected chi connectivity index (χ2v) is 17.3. The van der Waals surface area contributed by atoms with Crippen LogP contribution in [0.2, 0.25) is 0 Å². The fourth-order valence-corrected chi connectivity index (χ4v) is 12.1. The first-order valence-electron chi connectivity index (χ1n) is 16.8. The summed E-state index contributed by atoms with van der Waals surface area (Å²) in [6.07, 6.45) is 4.28. The number of ether oxygens (including phenoxy) is 2. The van der Waals surface area contributed by atoms with Crippen LogP contribution in [0.4, 0.5) is 0 Å². The Bertz CT molecular complexity index is 1150. The number of hydrogen-bond acceptors (Lipinski definition) is 7. The molecular weight excluding hydrogens is 548 g/mol. The molecule has 6 aliphatic rings. The van der Waals surface area contributed by atoms with E-state index >= 15 is 0 Å². The zero-order valence-electron chi connectivity index (χ0n) is 27.3. The van der Waals surface area contributed by atoms with Gasteiger partial charge >= 0.3 is 5.97 Å². The maximum Gasteiger partial charge on any atom is 0.306 e. The monoisotopic (exact) mass is 604 g/mol. The molecule has 0 aromatic rings. The van der Waals surface area contributed by atoms with E-state index in [0.717, 1.165) is 44.9 Å². The third kappa shape index (κ3) is 4.40. The summed E-state index contributed by atoms with van der Waals surface area (Å²) in [6, 6.07) is 0. The van der Waals surface area contributed by atoms with Crippen LogP contribution in [-0.4, -0.2) is 74.9 Å². The highest BCUT2D eigenvalue weighted by Gasteiger charge is 2.68. The summed E-state index contributed by atoms with van der Waals surface area (Å²) in [7, 11) is 0. The van der Waals surface area contributed by atoms with Crippen LogP contribution in [0, 0.1) is 56.7 Å².